The van der Waals surface area contributed by atoms with Gasteiger partial charge in [0.2, 0.25) is 0 Å². The number of hydrogen-bond acceptors (Lipinski definition) is 4. The molecule has 1 N–H and O–H groups in total. The highest BCUT2D eigenvalue weighted by Gasteiger charge is 2.49. The molecule has 4 heterocycles. The Morgan fingerprint density at radius 2 is 2.11 bits per heavy atom. The second-order valence-electron chi connectivity index (χ2n) is 5.93. The first kappa shape index (κ1) is 13.5. The summed E-state index contributed by atoms with van der Waals surface area (Å²) in [6.45, 7) is 11.4. The lowest BCUT2D eigenvalue weighted by atomic mass is 9.73. The Morgan fingerprint density at radius 1 is 1.37 bits per heavy atom. The van der Waals surface area contributed by atoms with E-state index in [4.69, 9.17) is 4.98 Å². The van der Waals surface area contributed by atoms with Crippen molar-refractivity contribution in [2.75, 3.05) is 26.2 Å². The van der Waals surface area contributed by atoms with Crippen LogP contribution >= 0.6 is 11.3 Å². The molecule has 3 aliphatic heterocycles. The van der Waals surface area contributed by atoms with Crippen LogP contribution in [0.15, 0.2) is 0 Å². The summed E-state index contributed by atoms with van der Waals surface area (Å²) >= 11 is 1.92. The molecular weight excluding hydrogens is 254 g/mol. The van der Waals surface area contributed by atoms with Gasteiger partial charge in [-0.15, -0.1) is 11.3 Å². The quantitative estimate of drug-likeness (QED) is 0.918. The number of hydrogen-bond donors (Lipinski definition) is 1. The van der Waals surface area contributed by atoms with E-state index < -0.39 is 0 Å². The van der Waals surface area contributed by atoms with Crippen LogP contribution < -0.4 is 5.32 Å². The maximum Gasteiger partial charge on any atom is 0.115 e. The van der Waals surface area contributed by atoms with E-state index in [9.17, 15) is 0 Å². The fraction of sp³-hybridized carbons (Fsp3) is 0.800. The first-order valence-corrected chi connectivity index (χ1v) is 8.45. The minimum absolute atomic E-state index is 0.133. The Hall–Kier alpha value is -0.450. The van der Waals surface area contributed by atoms with Crippen LogP contribution in [0.4, 0.5) is 0 Å². The lowest BCUT2D eigenvalue weighted by Gasteiger charge is -2.52. The van der Waals surface area contributed by atoms with E-state index in [0.29, 0.717) is 0 Å². The predicted octanol–water partition coefficient (Wildman–Crippen LogP) is 2.54. The minimum atomic E-state index is 0.133. The van der Waals surface area contributed by atoms with Crippen LogP contribution in [0.2, 0.25) is 0 Å². The van der Waals surface area contributed by atoms with Crippen LogP contribution in [0.1, 0.15) is 42.3 Å². The maximum absolute atomic E-state index is 4.99. The Labute approximate surface area is 120 Å². The number of aromatic nitrogens is 1. The van der Waals surface area contributed by atoms with Gasteiger partial charge in [-0.2, -0.15) is 0 Å². The van der Waals surface area contributed by atoms with Crippen molar-refractivity contribution in [3.05, 3.63) is 15.6 Å². The van der Waals surface area contributed by atoms with Gasteiger partial charge in [0.05, 0.1) is 11.2 Å². The van der Waals surface area contributed by atoms with Crippen LogP contribution in [0.25, 0.3) is 0 Å². The van der Waals surface area contributed by atoms with Crippen molar-refractivity contribution in [3.63, 3.8) is 0 Å². The SMILES string of the molecule is CCNC1(c2nc(CC)c(C)s2)CN2CCC1CC2. The third-order valence-electron chi connectivity index (χ3n) is 4.86. The molecular formula is C15H25N3S. The van der Waals surface area contributed by atoms with Crippen molar-refractivity contribution in [2.45, 2.75) is 45.6 Å². The van der Waals surface area contributed by atoms with Gasteiger partial charge in [0.15, 0.2) is 0 Å². The number of nitrogens with one attached hydrogen (secondary N) is 1. The van der Waals surface area contributed by atoms with Gasteiger partial charge in [-0.1, -0.05) is 13.8 Å². The van der Waals surface area contributed by atoms with Gasteiger partial charge in [-0.05, 0) is 51.7 Å². The summed E-state index contributed by atoms with van der Waals surface area (Å²) in [6, 6.07) is 0. The summed E-state index contributed by atoms with van der Waals surface area (Å²) in [4.78, 5) is 9.02. The molecule has 4 heteroatoms. The molecule has 1 aromatic heterocycles. The number of fused-ring (bicyclic) bond motifs is 3. The molecule has 0 amide bonds. The largest absolute Gasteiger partial charge is 0.304 e. The van der Waals surface area contributed by atoms with Crippen LogP contribution in [-0.4, -0.2) is 36.1 Å². The van der Waals surface area contributed by atoms with E-state index in [1.807, 2.05) is 11.3 Å². The zero-order valence-corrected chi connectivity index (χ0v) is 13.1. The molecule has 0 aliphatic carbocycles. The smallest absolute Gasteiger partial charge is 0.115 e. The predicted molar refractivity (Wildman–Crippen MR) is 80.7 cm³/mol. The van der Waals surface area contributed by atoms with E-state index in [1.54, 1.807) is 0 Å². The maximum atomic E-state index is 4.99. The Morgan fingerprint density at radius 3 is 2.58 bits per heavy atom. The monoisotopic (exact) mass is 279 g/mol. The molecule has 2 bridgehead atoms. The van der Waals surface area contributed by atoms with E-state index in [-0.39, 0.29) is 5.54 Å². The molecule has 3 saturated heterocycles. The summed E-state index contributed by atoms with van der Waals surface area (Å²) < 4.78 is 0. The molecule has 1 unspecified atom stereocenters. The molecule has 3 nitrogen and oxygen atoms in total. The van der Waals surface area contributed by atoms with Gasteiger partial charge in [-0.3, -0.25) is 0 Å². The van der Waals surface area contributed by atoms with Crippen molar-refractivity contribution in [2.24, 2.45) is 5.92 Å². The summed E-state index contributed by atoms with van der Waals surface area (Å²) in [5.74, 6) is 0.771. The third kappa shape index (κ3) is 2.14. The van der Waals surface area contributed by atoms with Crippen LogP contribution in [-0.2, 0) is 12.0 Å². The topological polar surface area (TPSA) is 28.2 Å². The first-order chi connectivity index (χ1) is 9.19. The van der Waals surface area contributed by atoms with Gasteiger partial charge in [-0.25, -0.2) is 4.98 Å². The lowest BCUT2D eigenvalue weighted by molar-refractivity contribution is 0.00397. The lowest BCUT2D eigenvalue weighted by Crippen LogP contribution is -2.63. The second-order valence-corrected chi connectivity index (χ2v) is 7.13. The summed E-state index contributed by atoms with van der Waals surface area (Å²) in [6.07, 6.45) is 3.71. The summed E-state index contributed by atoms with van der Waals surface area (Å²) in [5, 5.41) is 5.16. The average Bonchev–Trinajstić information content (AvgIpc) is 2.82. The highest BCUT2D eigenvalue weighted by Crippen LogP contribution is 2.44. The van der Waals surface area contributed by atoms with Gasteiger partial charge in [0.1, 0.15) is 5.01 Å². The molecule has 0 saturated carbocycles. The number of rotatable bonds is 4. The fourth-order valence-corrected chi connectivity index (χ4v) is 5.09. The standard InChI is InChI=1S/C15H25N3S/c1-4-13-11(3)19-14(17-13)15(16-5-2)10-18-8-6-12(15)7-9-18/h12,16H,4-10H2,1-3H3. The molecule has 3 fully saturated rings. The van der Waals surface area contributed by atoms with Gasteiger partial charge < -0.3 is 10.2 Å². The van der Waals surface area contributed by atoms with Crippen molar-refractivity contribution < 1.29 is 0 Å². The number of likely N-dealkylation sites (N-methyl/N-ethyl adjacent to an activating group) is 1. The van der Waals surface area contributed by atoms with E-state index in [2.05, 4.69) is 31.0 Å². The molecule has 1 atom stereocenters. The number of aryl methyl sites for hydroxylation is 2. The Balaban J connectivity index is 2.00. The third-order valence-corrected chi connectivity index (χ3v) is 6.05. The molecule has 0 spiro atoms. The van der Waals surface area contributed by atoms with Crippen LogP contribution in [0, 0.1) is 12.8 Å². The zero-order chi connectivity index (χ0) is 13.5. The minimum Gasteiger partial charge on any atom is -0.304 e. The summed E-state index contributed by atoms with van der Waals surface area (Å²) in [5.41, 5.74) is 1.43. The van der Waals surface area contributed by atoms with E-state index in [0.717, 1.165) is 25.4 Å². The first-order valence-electron chi connectivity index (χ1n) is 7.63. The Bertz CT molecular complexity index is 448. The molecule has 0 radical (unpaired) electrons. The van der Waals surface area contributed by atoms with Crippen molar-refractivity contribution in [1.29, 1.82) is 0 Å². The number of thiazole rings is 1. The summed E-state index contributed by atoms with van der Waals surface area (Å²) in [7, 11) is 0. The van der Waals surface area contributed by atoms with Gasteiger partial charge >= 0.3 is 0 Å². The van der Waals surface area contributed by atoms with Gasteiger partial charge in [0.25, 0.3) is 0 Å². The highest BCUT2D eigenvalue weighted by molar-refractivity contribution is 7.11. The number of nitrogens with zero attached hydrogens (tertiary/aromatic N) is 2. The zero-order valence-electron chi connectivity index (χ0n) is 12.3. The highest BCUT2D eigenvalue weighted by atomic mass is 32.1. The average molecular weight is 279 g/mol. The van der Waals surface area contributed by atoms with Crippen molar-refractivity contribution in [1.82, 2.24) is 15.2 Å². The van der Waals surface area contributed by atoms with Crippen LogP contribution in [0.5, 0.6) is 0 Å². The second kappa shape index (κ2) is 5.15. The normalized spacial score (nSPS) is 33.8. The molecule has 4 rings (SSSR count). The number of piperidine rings is 3. The molecule has 106 valence electrons. The van der Waals surface area contributed by atoms with Gasteiger partial charge in [0, 0.05) is 11.4 Å². The van der Waals surface area contributed by atoms with Crippen LogP contribution in [0.3, 0.4) is 0 Å². The molecule has 1 aromatic rings. The molecule has 0 aromatic carbocycles. The molecule has 19 heavy (non-hydrogen) atoms. The van der Waals surface area contributed by atoms with E-state index >= 15 is 0 Å². The molecule has 3 aliphatic rings. The van der Waals surface area contributed by atoms with E-state index in [1.165, 1.54) is 41.5 Å². The van der Waals surface area contributed by atoms with Crippen molar-refractivity contribution >= 4 is 11.3 Å². The Kier molecular flexibility index (Phi) is 3.67. The van der Waals surface area contributed by atoms with Crippen molar-refractivity contribution in [3.8, 4) is 0 Å². The fourth-order valence-electron chi connectivity index (χ4n) is 3.85.